The minimum absolute atomic E-state index is 0.0168. The molecule has 0 bridgehead atoms. The molecule has 0 aliphatic carbocycles. The summed E-state index contributed by atoms with van der Waals surface area (Å²) in [5.41, 5.74) is 0. The third-order valence-electron chi connectivity index (χ3n) is 3.01. The zero-order valence-corrected chi connectivity index (χ0v) is 13.1. The Kier molecular flexibility index (Phi) is 13.1. The van der Waals surface area contributed by atoms with Crippen LogP contribution in [0.25, 0.3) is 0 Å². The predicted octanol–water partition coefficient (Wildman–Crippen LogP) is 5.42. The monoisotopic (exact) mass is 268 g/mol. The number of unbranched alkanes of at least 4 members (excludes halogenated alkanes) is 7. The molecule has 2 heteroatoms. The van der Waals surface area contributed by atoms with E-state index in [0.29, 0.717) is 6.42 Å². The SMILES string of the molecule is CCCCCCC=CCCCCCC(=O)OC(C)C. The number of hydrogen-bond donors (Lipinski definition) is 0. The van der Waals surface area contributed by atoms with Crippen molar-refractivity contribution in [1.29, 1.82) is 0 Å². The highest BCUT2D eigenvalue weighted by Gasteiger charge is 2.03. The first-order valence-electron chi connectivity index (χ1n) is 8.01. The van der Waals surface area contributed by atoms with E-state index in [-0.39, 0.29) is 12.1 Å². The van der Waals surface area contributed by atoms with Crippen molar-refractivity contribution < 1.29 is 9.53 Å². The Hall–Kier alpha value is -0.790. The molecule has 0 aromatic carbocycles. The molecular weight excluding hydrogens is 236 g/mol. The van der Waals surface area contributed by atoms with Gasteiger partial charge in [0.1, 0.15) is 0 Å². The molecule has 0 fully saturated rings. The Morgan fingerprint density at radius 2 is 1.53 bits per heavy atom. The Morgan fingerprint density at radius 3 is 2.05 bits per heavy atom. The molecule has 112 valence electrons. The Balaban J connectivity index is 3.22. The van der Waals surface area contributed by atoms with Gasteiger partial charge >= 0.3 is 5.97 Å². The standard InChI is InChI=1S/C17H32O2/c1-4-5-6-7-8-9-10-11-12-13-14-15-17(18)19-16(2)3/h9-10,16H,4-8,11-15H2,1-3H3. The van der Waals surface area contributed by atoms with E-state index in [1.54, 1.807) is 0 Å². The average Bonchev–Trinajstić information content (AvgIpc) is 2.35. The van der Waals surface area contributed by atoms with Crippen molar-refractivity contribution in [3.8, 4) is 0 Å². The van der Waals surface area contributed by atoms with Gasteiger partial charge in [-0.15, -0.1) is 0 Å². The summed E-state index contributed by atoms with van der Waals surface area (Å²) in [6.07, 6.45) is 16.2. The van der Waals surface area contributed by atoms with E-state index in [9.17, 15) is 4.79 Å². The van der Waals surface area contributed by atoms with Crippen LogP contribution in [-0.2, 0) is 9.53 Å². The summed E-state index contributed by atoms with van der Waals surface area (Å²) in [5, 5.41) is 0. The molecule has 0 aromatic heterocycles. The maximum Gasteiger partial charge on any atom is 0.306 e. The maximum atomic E-state index is 11.3. The van der Waals surface area contributed by atoms with Gasteiger partial charge in [-0.05, 0) is 46.0 Å². The van der Waals surface area contributed by atoms with Crippen LogP contribution in [0, 0.1) is 0 Å². The van der Waals surface area contributed by atoms with Gasteiger partial charge < -0.3 is 4.74 Å². The third-order valence-corrected chi connectivity index (χ3v) is 3.01. The highest BCUT2D eigenvalue weighted by molar-refractivity contribution is 5.69. The van der Waals surface area contributed by atoms with E-state index in [2.05, 4.69) is 19.1 Å². The molecule has 0 saturated carbocycles. The second-order valence-corrected chi connectivity index (χ2v) is 5.46. The van der Waals surface area contributed by atoms with E-state index in [4.69, 9.17) is 4.74 Å². The molecule has 0 rings (SSSR count). The minimum atomic E-state index is -0.0542. The highest BCUT2D eigenvalue weighted by Crippen LogP contribution is 2.07. The minimum Gasteiger partial charge on any atom is -0.463 e. The van der Waals surface area contributed by atoms with Crippen LogP contribution in [0.15, 0.2) is 12.2 Å². The molecule has 19 heavy (non-hydrogen) atoms. The van der Waals surface area contributed by atoms with Gasteiger partial charge in [-0.2, -0.15) is 0 Å². The predicted molar refractivity (Wildman–Crippen MR) is 82.2 cm³/mol. The quantitative estimate of drug-likeness (QED) is 0.268. The largest absolute Gasteiger partial charge is 0.463 e. The molecule has 0 aliphatic rings. The van der Waals surface area contributed by atoms with E-state index in [1.165, 1.54) is 38.5 Å². The number of rotatable bonds is 12. The van der Waals surface area contributed by atoms with Crippen LogP contribution in [0.2, 0.25) is 0 Å². The summed E-state index contributed by atoms with van der Waals surface area (Å²) < 4.78 is 5.09. The smallest absolute Gasteiger partial charge is 0.306 e. The van der Waals surface area contributed by atoms with Crippen molar-refractivity contribution in [2.75, 3.05) is 0 Å². The first-order chi connectivity index (χ1) is 9.16. The average molecular weight is 268 g/mol. The first-order valence-corrected chi connectivity index (χ1v) is 8.01. The number of ether oxygens (including phenoxy) is 1. The second kappa shape index (κ2) is 13.6. The summed E-state index contributed by atoms with van der Waals surface area (Å²) in [6.45, 7) is 6.03. The fourth-order valence-electron chi connectivity index (χ4n) is 1.95. The lowest BCUT2D eigenvalue weighted by Crippen LogP contribution is -2.10. The fourth-order valence-corrected chi connectivity index (χ4v) is 1.95. The van der Waals surface area contributed by atoms with E-state index in [1.807, 2.05) is 13.8 Å². The van der Waals surface area contributed by atoms with Crippen LogP contribution < -0.4 is 0 Å². The number of carbonyl (C=O) groups is 1. The van der Waals surface area contributed by atoms with E-state index >= 15 is 0 Å². The van der Waals surface area contributed by atoms with Crippen LogP contribution in [0.1, 0.15) is 85.0 Å². The molecule has 0 radical (unpaired) electrons. The first kappa shape index (κ1) is 18.2. The summed E-state index contributed by atoms with van der Waals surface area (Å²) >= 11 is 0. The van der Waals surface area contributed by atoms with Crippen molar-refractivity contribution in [3.63, 3.8) is 0 Å². The number of allylic oxidation sites excluding steroid dienone is 2. The van der Waals surface area contributed by atoms with Crippen LogP contribution >= 0.6 is 0 Å². The van der Waals surface area contributed by atoms with Crippen molar-refractivity contribution in [3.05, 3.63) is 12.2 Å². The molecular formula is C17H32O2. The molecule has 0 aromatic rings. The lowest BCUT2D eigenvalue weighted by Gasteiger charge is -2.07. The van der Waals surface area contributed by atoms with Gasteiger partial charge in [0, 0.05) is 6.42 Å². The Bertz CT molecular complexity index is 231. The summed E-state index contributed by atoms with van der Waals surface area (Å²) in [6, 6.07) is 0. The molecule has 0 saturated heterocycles. The topological polar surface area (TPSA) is 26.3 Å². The summed E-state index contributed by atoms with van der Waals surface area (Å²) in [7, 11) is 0. The van der Waals surface area contributed by atoms with Gasteiger partial charge in [0.15, 0.2) is 0 Å². The van der Waals surface area contributed by atoms with Gasteiger partial charge in [0.05, 0.1) is 6.10 Å². The lowest BCUT2D eigenvalue weighted by atomic mass is 10.1. The van der Waals surface area contributed by atoms with Gasteiger partial charge in [0.2, 0.25) is 0 Å². The zero-order valence-electron chi connectivity index (χ0n) is 13.1. The van der Waals surface area contributed by atoms with E-state index in [0.717, 1.165) is 19.3 Å². The lowest BCUT2D eigenvalue weighted by molar-refractivity contribution is -0.147. The van der Waals surface area contributed by atoms with Crippen molar-refractivity contribution in [2.24, 2.45) is 0 Å². The van der Waals surface area contributed by atoms with Crippen LogP contribution in [0.5, 0.6) is 0 Å². The summed E-state index contributed by atoms with van der Waals surface area (Å²) in [5.74, 6) is -0.0542. The maximum absolute atomic E-state index is 11.3. The molecule has 2 nitrogen and oxygen atoms in total. The second-order valence-electron chi connectivity index (χ2n) is 5.46. The molecule has 0 heterocycles. The molecule has 0 atom stereocenters. The molecule has 0 amide bonds. The highest BCUT2D eigenvalue weighted by atomic mass is 16.5. The molecule has 0 aliphatic heterocycles. The number of hydrogen-bond acceptors (Lipinski definition) is 2. The van der Waals surface area contributed by atoms with Crippen molar-refractivity contribution >= 4 is 5.97 Å². The molecule has 0 spiro atoms. The van der Waals surface area contributed by atoms with Gasteiger partial charge in [-0.1, -0.05) is 44.8 Å². The van der Waals surface area contributed by atoms with Crippen molar-refractivity contribution in [2.45, 2.75) is 91.1 Å². The normalized spacial score (nSPS) is 11.4. The van der Waals surface area contributed by atoms with Crippen molar-refractivity contribution in [1.82, 2.24) is 0 Å². The van der Waals surface area contributed by atoms with Crippen LogP contribution in [0.4, 0.5) is 0 Å². The Morgan fingerprint density at radius 1 is 0.947 bits per heavy atom. The Labute approximate surface area is 119 Å². The number of carbonyl (C=O) groups excluding carboxylic acids is 1. The van der Waals surface area contributed by atoms with E-state index < -0.39 is 0 Å². The number of esters is 1. The van der Waals surface area contributed by atoms with Crippen LogP contribution in [0.3, 0.4) is 0 Å². The summed E-state index contributed by atoms with van der Waals surface area (Å²) in [4.78, 5) is 11.3. The van der Waals surface area contributed by atoms with Gasteiger partial charge in [-0.25, -0.2) is 0 Å². The third kappa shape index (κ3) is 15.2. The zero-order chi connectivity index (χ0) is 14.3. The van der Waals surface area contributed by atoms with Gasteiger partial charge in [0.25, 0.3) is 0 Å². The fraction of sp³-hybridized carbons (Fsp3) is 0.824. The van der Waals surface area contributed by atoms with Gasteiger partial charge in [-0.3, -0.25) is 4.79 Å². The molecule has 0 N–H and O–H groups in total. The molecule has 0 unspecified atom stereocenters. The van der Waals surface area contributed by atoms with Crippen LogP contribution in [-0.4, -0.2) is 12.1 Å².